The summed E-state index contributed by atoms with van der Waals surface area (Å²) >= 11 is 1.68. The Morgan fingerprint density at radius 1 is 1.37 bits per heavy atom. The van der Waals surface area contributed by atoms with Gasteiger partial charge >= 0.3 is 0 Å². The lowest BCUT2D eigenvalue weighted by Gasteiger charge is -2.10. The van der Waals surface area contributed by atoms with E-state index in [2.05, 4.69) is 23.3 Å². The van der Waals surface area contributed by atoms with Crippen molar-refractivity contribution >= 4 is 31.4 Å². The minimum atomic E-state index is -2.86. The number of benzene rings is 1. The highest BCUT2D eigenvalue weighted by molar-refractivity contribution is 7.90. The Morgan fingerprint density at radius 2 is 2.11 bits per heavy atom. The van der Waals surface area contributed by atoms with Crippen molar-refractivity contribution in [3.05, 3.63) is 29.3 Å². The molecule has 0 aliphatic heterocycles. The van der Waals surface area contributed by atoms with E-state index in [1.165, 1.54) is 11.0 Å². The molecule has 2 rings (SSSR count). The van der Waals surface area contributed by atoms with E-state index in [-0.39, 0.29) is 11.8 Å². The van der Waals surface area contributed by atoms with Crippen LogP contribution in [0.3, 0.4) is 0 Å². The largest absolute Gasteiger partial charge is 0.308 e. The quantitative estimate of drug-likeness (QED) is 0.832. The molecule has 1 N–H and O–H groups in total. The Balaban J connectivity index is 1.91. The average Bonchev–Trinajstić information content (AvgIpc) is 2.77. The van der Waals surface area contributed by atoms with Crippen LogP contribution in [-0.4, -0.2) is 32.0 Å². The molecule has 0 spiro atoms. The molecule has 0 saturated heterocycles. The third-order valence-electron chi connectivity index (χ3n) is 2.82. The van der Waals surface area contributed by atoms with Gasteiger partial charge in [0.2, 0.25) is 0 Å². The predicted molar refractivity (Wildman–Crippen MR) is 80.4 cm³/mol. The molecule has 1 unspecified atom stereocenters. The molecule has 0 radical (unpaired) electrons. The van der Waals surface area contributed by atoms with Gasteiger partial charge in [-0.2, -0.15) is 0 Å². The van der Waals surface area contributed by atoms with E-state index in [0.29, 0.717) is 13.0 Å². The van der Waals surface area contributed by atoms with E-state index < -0.39 is 9.84 Å². The molecule has 1 aromatic heterocycles. The zero-order chi connectivity index (χ0) is 13.9. The summed E-state index contributed by atoms with van der Waals surface area (Å²) in [6, 6.07) is 8.21. The summed E-state index contributed by atoms with van der Waals surface area (Å²) in [6.07, 6.45) is 1.90. The van der Waals surface area contributed by atoms with Crippen LogP contribution in [0.2, 0.25) is 0 Å². The first-order valence-corrected chi connectivity index (χ1v) is 9.10. The summed E-state index contributed by atoms with van der Waals surface area (Å²) in [5.41, 5.74) is 1.02. The van der Waals surface area contributed by atoms with Crippen LogP contribution < -0.4 is 5.32 Å². The van der Waals surface area contributed by atoms with E-state index >= 15 is 0 Å². The van der Waals surface area contributed by atoms with Crippen LogP contribution in [0, 0.1) is 0 Å². The molecule has 6 heteroatoms. The fourth-order valence-electron chi connectivity index (χ4n) is 1.82. The maximum Gasteiger partial charge on any atom is 0.147 e. The second-order valence-electron chi connectivity index (χ2n) is 4.68. The van der Waals surface area contributed by atoms with Crippen molar-refractivity contribution in [2.24, 2.45) is 0 Å². The summed E-state index contributed by atoms with van der Waals surface area (Å²) in [5.74, 6) is 0.229. The van der Waals surface area contributed by atoms with Crippen LogP contribution in [0.4, 0.5) is 0 Å². The van der Waals surface area contributed by atoms with Crippen molar-refractivity contribution in [3.63, 3.8) is 0 Å². The van der Waals surface area contributed by atoms with Gasteiger partial charge in [-0.1, -0.05) is 12.1 Å². The fraction of sp³-hybridized carbons (Fsp3) is 0.462. The summed E-state index contributed by atoms with van der Waals surface area (Å²) in [4.78, 5) is 4.58. The predicted octanol–water partition coefficient (Wildman–Crippen LogP) is 2.38. The molecule has 0 saturated carbocycles. The van der Waals surface area contributed by atoms with Gasteiger partial charge in [-0.05, 0) is 32.0 Å². The van der Waals surface area contributed by atoms with Crippen molar-refractivity contribution in [2.45, 2.75) is 19.4 Å². The first-order valence-electron chi connectivity index (χ1n) is 6.22. The molecular weight excluding hydrogens is 280 g/mol. The van der Waals surface area contributed by atoms with Gasteiger partial charge in [-0.15, -0.1) is 11.3 Å². The number of sulfone groups is 1. The van der Waals surface area contributed by atoms with Gasteiger partial charge < -0.3 is 5.32 Å². The van der Waals surface area contributed by atoms with Crippen LogP contribution in [0.5, 0.6) is 0 Å². The van der Waals surface area contributed by atoms with Gasteiger partial charge in [0, 0.05) is 6.26 Å². The third-order valence-corrected chi connectivity index (χ3v) is 5.07. The van der Waals surface area contributed by atoms with Crippen LogP contribution in [0.25, 0.3) is 10.2 Å². The van der Waals surface area contributed by atoms with Gasteiger partial charge in [-0.3, -0.25) is 0 Å². The minimum Gasteiger partial charge on any atom is -0.308 e. The summed E-state index contributed by atoms with van der Waals surface area (Å²) in [6.45, 7) is 2.74. The minimum absolute atomic E-state index is 0.150. The maximum atomic E-state index is 11.0. The Morgan fingerprint density at radius 3 is 2.79 bits per heavy atom. The molecule has 19 heavy (non-hydrogen) atoms. The van der Waals surface area contributed by atoms with Crippen LogP contribution in [0.15, 0.2) is 24.3 Å². The van der Waals surface area contributed by atoms with E-state index in [1.807, 2.05) is 18.2 Å². The number of hydrogen-bond acceptors (Lipinski definition) is 5. The number of aromatic nitrogens is 1. The number of thiazole rings is 1. The molecule has 0 amide bonds. The van der Waals surface area contributed by atoms with Gasteiger partial charge in [0.25, 0.3) is 0 Å². The molecule has 0 fully saturated rings. The Labute approximate surface area is 117 Å². The Hall–Kier alpha value is -0.980. The normalized spacial score (nSPS) is 13.8. The molecule has 0 aliphatic carbocycles. The topological polar surface area (TPSA) is 59.1 Å². The van der Waals surface area contributed by atoms with Crippen molar-refractivity contribution in [1.82, 2.24) is 10.3 Å². The van der Waals surface area contributed by atoms with Crippen molar-refractivity contribution < 1.29 is 8.42 Å². The van der Waals surface area contributed by atoms with E-state index in [1.54, 1.807) is 11.3 Å². The Kier molecular flexibility index (Phi) is 4.54. The molecule has 1 heterocycles. The van der Waals surface area contributed by atoms with Crippen LogP contribution >= 0.6 is 11.3 Å². The molecular formula is C13H18N2O2S2. The van der Waals surface area contributed by atoms with E-state index in [0.717, 1.165) is 10.5 Å². The summed E-state index contributed by atoms with van der Waals surface area (Å²) in [7, 11) is -2.86. The monoisotopic (exact) mass is 298 g/mol. The lowest BCUT2D eigenvalue weighted by Crippen LogP contribution is -2.21. The molecule has 1 atom stereocenters. The smallest absolute Gasteiger partial charge is 0.147 e. The van der Waals surface area contributed by atoms with E-state index in [4.69, 9.17) is 0 Å². The summed E-state index contributed by atoms with van der Waals surface area (Å²) in [5, 5.41) is 4.36. The number of nitrogens with one attached hydrogen (secondary N) is 1. The highest BCUT2D eigenvalue weighted by Crippen LogP contribution is 2.25. The standard InChI is InChI=1S/C13H18N2O2S2/c1-10(14-8-5-9-19(2,16)17)13-15-11-6-3-4-7-12(11)18-13/h3-4,6-7,10,14H,5,8-9H2,1-2H3. The molecule has 0 bridgehead atoms. The number of fused-ring (bicyclic) bond motifs is 1. The number of hydrogen-bond donors (Lipinski definition) is 1. The molecule has 0 aliphatic rings. The summed E-state index contributed by atoms with van der Waals surface area (Å²) < 4.78 is 23.2. The first kappa shape index (κ1) is 14.4. The van der Waals surface area contributed by atoms with Crippen molar-refractivity contribution in [3.8, 4) is 0 Å². The lowest BCUT2D eigenvalue weighted by molar-refractivity contribution is 0.561. The third kappa shape index (κ3) is 4.26. The SMILES string of the molecule is CC(NCCCS(C)(=O)=O)c1nc2ccccc2s1. The second kappa shape index (κ2) is 5.98. The molecule has 2 aromatic rings. The lowest BCUT2D eigenvalue weighted by atomic mass is 10.3. The van der Waals surface area contributed by atoms with Crippen LogP contribution in [-0.2, 0) is 9.84 Å². The van der Waals surface area contributed by atoms with Gasteiger partial charge in [0.15, 0.2) is 0 Å². The number of para-hydroxylation sites is 1. The first-order chi connectivity index (χ1) is 8.96. The maximum absolute atomic E-state index is 11.0. The van der Waals surface area contributed by atoms with E-state index in [9.17, 15) is 8.42 Å². The van der Waals surface area contributed by atoms with Crippen LogP contribution in [0.1, 0.15) is 24.4 Å². The van der Waals surface area contributed by atoms with Gasteiger partial charge in [-0.25, -0.2) is 13.4 Å². The zero-order valence-electron chi connectivity index (χ0n) is 11.1. The highest BCUT2D eigenvalue weighted by Gasteiger charge is 2.11. The van der Waals surface area contributed by atoms with Crippen molar-refractivity contribution in [1.29, 1.82) is 0 Å². The molecule has 4 nitrogen and oxygen atoms in total. The fourth-order valence-corrected chi connectivity index (χ4v) is 3.48. The molecule has 104 valence electrons. The molecule has 1 aromatic carbocycles. The highest BCUT2D eigenvalue weighted by atomic mass is 32.2. The Bertz CT molecular complexity index is 616. The van der Waals surface area contributed by atoms with Gasteiger partial charge in [0.05, 0.1) is 22.0 Å². The number of rotatable bonds is 6. The van der Waals surface area contributed by atoms with Gasteiger partial charge in [0.1, 0.15) is 14.8 Å². The zero-order valence-corrected chi connectivity index (χ0v) is 12.7. The average molecular weight is 298 g/mol. The van der Waals surface area contributed by atoms with Crippen molar-refractivity contribution in [2.75, 3.05) is 18.6 Å². The number of nitrogens with zero attached hydrogens (tertiary/aromatic N) is 1. The second-order valence-corrected chi connectivity index (χ2v) is 8.00.